The van der Waals surface area contributed by atoms with Crippen LogP contribution in [0.25, 0.3) is 0 Å². The molecule has 2 heterocycles. The molecular formula is C21H31N5O3S. The predicted octanol–water partition coefficient (Wildman–Crippen LogP) is 4.54. The van der Waals surface area contributed by atoms with Gasteiger partial charge in [0.25, 0.3) is 0 Å². The van der Waals surface area contributed by atoms with Gasteiger partial charge in [0.15, 0.2) is 17.9 Å². The number of aryl methyl sites for hydroxylation is 1. The van der Waals surface area contributed by atoms with Gasteiger partial charge in [-0.1, -0.05) is 19.9 Å². The summed E-state index contributed by atoms with van der Waals surface area (Å²) in [6.45, 7) is 6.36. The summed E-state index contributed by atoms with van der Waals surface area (Å²) in [6, 6.07) is 8.75. The molecule has 0 amide bonds. The second-order valence-corrected chi connectivity index (χ2v) is 7.06. The monoisotopic (exact) mass is 433 g/mol. The van der Waals surface area contributed by atoms with Crippen molar-refractivity contribution in [1.29, 1.82) is 0 Å². The second kappa shape index (κ2) is 12.6. The minimum absolute atomic E-state index is 0.0874. The summed E-state index contributed by atoms with van der Waals surface area (Å²) < 4.78 is 14.0. The van der Waals surface area contributed by atoms with E-state index in [1.807, 2.05) is 58.9 Å². The SMILES string of the molecule is CC.CN(C)C.Cc1ccc(CNc2nsnc2N(C)c2cccc(C=O)c2O)o1. The number of nitrogens with zero attached hydrogens (tertiary/aromatic N) is 4. The molecule has 0 fully saturated rings. The standard InChI is InChI=1S/C16H16N4O3S.C3H9N.C2H6/c1-10-6-7-12(23-10)8-17-15-16(19-24-18-15)20(2)13-5-3-4-11(9-21)14(13)22;1-4(2)3;1-2/h3-7,9,22H,8H2,1-2H3,(H,17,18);1-3H3;1-2H3. The molecule has 2 N–H and O–H groups in total. The predicted molar refractivity (Wildman–Crippen MR) is 123 cm³/mol. The van der Waals surface area contributed by atoms with Crippen LogP contribution in [0.3, 0.4) is 0 Å². The van der Waals surface area contributed by atoms with E-state index in [4.69, 9.17) is 4.42 Å². The number of nitrogens with one attached hydrogen (secondary N) is 1. The van der Waals surface area contributed by atoms with Gasteiger partial charge in [0.2, 0.25) is 0 Å². The fourth-order valence-corrected chi connectivity index (χ4v) is 2.85. The van der Waals surface area contributed by atoms with Crippen molar-refractivity contribution < 1.29 is 14.3 Å². The molecule has 3 rings (SSSR count). The highest BCUT2D eigenvalue weighted by molar-refractivity contribution is 6.99. The third kappa shape index (κ3) is 7.16. The number of phenolic OH excluding ortho intramolecular Hbond substituents is 1. The highest BCUT2D eigenvalue weighted by atomic mass is 32.1. The van der Waals surface area contributed by atoms with E-state index in [0.717, 1.165) is 23.2 Å². The Morgan fingerprint density at radius 1 is 1.13 bits per heavy atom. The lowest BCUT2D eigenvalue weighted by Gasteiger charge is -2.19. The summed E-state index contributed by atoms with van der Waals surface area (Å²) >= 11 is 1.06. The summed E-state index contributed by atoms with van der Waals surface area (Å²) in [7, 11) is 7.75. The molecule has 0 bridgehead atoms. The van der Waals surface area contributed by atoms with E-state index in [1.165, 1.54) is 0 Å². The van der Waals surface area contributed by atoms with E-state index in [2.05, 4.69) is 14.1 Å². The van der Waals surface area contributed by atoms with Gasteiger partial charge in [-0.3, -0.25) is 4.79 Å². The van der Waals surface area contributed by atoms with Crippen LogP contribution in [-0.4, -0.2) is 53.2 Å². The summed E-state index contributed by atoms with van der Waals surface area (Å²) in [5, 5.41) is 13.4. The van der Waals surface area contributed by atoms with Crippen LogP contribution in [0.4, 0.5) is 17.3 Å². The average molecular weight is 434 g/mol. The van der Waals surface area contributed by atoms with Gasteiger partial charge in [-0.25, -0.2) is 0 Å². The second-order valence-electron chi connectivity index (χ2n) is 6.54. The van der Waals surface area contributed by atoms with Crippen molar-refractivity contribution in [2.45, 2.75) is 27.3 Å². The van der Waals surface area contributed by atoms with Crippen LogP contribution >= 0.6 is 11.7 Å². The molecule has 0 aliphatic carbocycles. The van der Waals surface area contributed by atoms with Crippen LogP contribution in [0.5, 0.6) is 5.75 Å². The highest BCUT2D eigenvalue weighted by Gasteiger charge is 2.18. The number of furan rings is 1. The Kier molecular flexibility index (Phi) is 10.6. The zero-order valence-electron chi connectivity index (χ0n) is 18.6. The normalized spacial score (nSPS) is 9.87. The molecule has 2 aromatic heterocycles. The minimum Gasteiger partial charge on any atom is -0.505 e. The van der Waals surface area contributed by atoms with Gasteiger partial charge < -0.3 is 24.6 Å². The molecule has 0 radical (unpaired) electrons. The topological polar surface area (TPSA) is 94.7 Å². The van der Waals surface area contributed by atoms with Gasteiger partial charge in [-0.05, 0) is 52.3 Å². The number of hydrogen-bond acceptors (Lipinski definition) is 9. The van der Waals surface area contributed by atoms with Crippen molar-refractivity contribution in [3.05, 3.63) is 47.4 Å². The van der Waals surface area contributed by atoms with Gasteiger partial charge in [0.1, 0.15) is 17.3 Å². The molecule has 0 spiro atoms. The number of aromatic hydroxyl groups is 1. The zero-order chi connectivity index (χ0) is 22.7. The largest absolute Gasteiger partial charge is 0.505 e. The fraction of sp³-hybridized carbons (Fsp3) is 0.381. The van der Waals surface area contributed by atoms with Gasteiger partial charge in [0, 0.05) is 7.05 Å². The van der Waals surface area contributed by atoms with E-state index < -0.39 is 0 Å². The van der Waals surface area contributed by atoms with E-state index in [1.54, 1.807) is 30.1 Å². The van der Waals surface area contributed by atoms with E-state index in [0.29, 0.717) is 30.2 Å². The van der Waals surface area contributed by atoms with Crippen LogP contribution < -0.4 is 10.2 Å². The first-order valence-electron chi connectivity index (χ1n) is 9.57. The number of aromatic nitrogens is 2. The number of rotatable bonds is 6. The van der Waals surface area contributed by atoms with E-state index in [9.17, 15) is 9.90 Å². The van der Waals surface area contributed by atoms with Crippen molar-refractivity contribution >= 4 is 35.3 Å². The average Bonchev–Trinajstić information content (AvgIpc) is 3.36. The molecule has 8 nitrogen and oxygen atoms in total. The molecule has 0 aliphatic heterocycles. The maximum Gasteiger partial charge on any atom is 0.191 e. The summed E-state index contributed by atoms with van der Waals surface area (Å²) in [4.78, 5) is 14.7. The number of hydrogen-bond donors (Lipinski definition) is 2. The zero-order valence-corrected chi connectivity index (χ0v) is 19.4. The number of carbonyl (C=O) groups excluding carboxylic acids is 1. The van der Waals surface area contributed by atoms with Gasteiger partial charge in [-0.2, -0.15) is 8.75 Å². The quantitative estimate of drug-likeness (QED) is 0.547. The van der Waals surface area contributed by atoms with Gasteiger partial charge in [-0.15, -0.1) is 0 Å². The summed E-state index contributed by atoms with van der Waals surface area (Å²) in [6.07, 6.45) is 0.615. The Bertz CT molecular complexity index is 905. The maximum absolute atomic E-state index is 11.0. The highest BCUT2D eigenvalue weighted by Crippen LogP contribution is 2.36. The van der Waals surface area contributed by atoms with Gasteiger partial charge in [0.05, 0.1) is 29.5 Å². The molecule has 1 aromatic carbocycles. The molecule has 9 heteroatoms. The van der Waals surface area contributed by atoms with Crippen LogP contribution in [0.15, 0.2) is 34.7 Å². The first kappa shape index (κ1) is 25.1. The van der Waals surface area contributed by atoms with Crippen molar-refractivity contribution in [2.24, 2.45) is 0 Å². The van der Waals surface area contributed by atoms with Crippen molar-refractivity contribution in [1.82, 2.24) is 13.6 Å². The van der Waals surface area contributed by atoms with Crippen LogP contribution in [0.1, 0.15) is 35.7 Å². The van der Waals surface area contributed by atoms with Crippen LogP contribution in [0.2, 0.25) is 0 Å². The lowest BCUT2D eigenvalue weighted by molar-refractivity contribution is 0.112. The van der Waals surface area contributed by atoms with E-state index >= 15 is 0 Å². The molecule has 30 heavy (non-hydrogen) atoms. The molecular weight excluding hydrogens is 402 g/mol. The number of anilines is 3. The number of phenols is 1. The Morgan fingerprint density at radius 2 is 1.80 bits per heavy atom. The first-order chi connectivity index (χ1) is 14.3. The molecule has 0 aliphatic rings. The molecule has 0 saturated heterocycles. The summed E-state index contributed by atoms with van der Waals surface area (Å²) in [5.41, 5.74) is 0.701. The molecule has 0 unspecified atom stereocenters. The number of carbonyl (C=O) groups is 1. The summed E-state index contributed by atoms with van der Waals surface area (Å²) in [5.74, 6) is 2.68. The molecule has 164 valence electrons. The smallest absolute Gasteiger partial charge is 0.191 e. The maximum atomic E-state index is 11.0. The molecule has 0 saturated carbocycles. The Balaban J connectivity index is 0.000000673. The van der Waals surface area contributed by atoms with Gasteiger partial charge >= 0.3 is 0 Å². The molecule has 0 atom stereocenters. The minimum atomic E-state index is -0.0874. The third-order valence-corrected chi connectivity index (χ3v) is 4.07. The third-order valence-electron chi connectivity index (χ3n) is 3.55. The number of para-hydroxylation sites is 1. The lowest BCUT2D eigenvalue weighted by atomic mass is 10.2. The Hall–Kier alpha value is -2.91. The number of benzene rings is 1. The van der Waals surface area contributed by atoms with Crippen LogP contribution in [-0.2, 0) is 6.54 Å². The van der Waals surface area contributed by atoms with Crippen LogP contribution in [0, 0.1) is 6.92 Å². The number of aldehydes is 1. The lowest BCUT2D eigenvalue weighted by Crippen LogP contribution is -2.13. The fourth-order valence-electron chi connectivity index (χ4n) is 2.29. The Labute approximate surface area is 182 Å². The van der Waals surface area contributed by atoms with Crippen molar-refractivity contribution in [2.75, 3.05) is 38.4 Å². The molecule has 3 aromatic rings. The van der Waals surface area contributed by atoms with E-state index in [-0.39, 0.29) is 11.3 Å². The van der Waals surface area contributed by atoms with Crippen molar-refractivity contribution in [3.8, 4) is 5.75 Å². The first-order valence-corrected chi connectivity index (χ1v) is 10.3. The van der Waals surface area contributed by atoms with Crippen molar-refractivity contribution in [3.63, 3.8) is 0 Å². The Morgan fingerprint density at radius 3 is 2.37 bits per heavy atom.